The Morgan fingerprint density at radius 1 is 0.328 bits per heavy atom. The fourth-order valence-corrected chi connectivity index (χ4v) is 7.15. The maximum absolute atomic E-state index is 12.8. The molecule has 0 heterocycles. The van der Waals surface area contributed by atoms with E-state index in [9.17, 15) is 14.4 Å². The van der Waals surface area contributed by atoms with Crippen LogP contribution in [0.2, 0.25) is 0 Å². The number of carbonyl (C=O) groups excluding carboxylic acids is 3. The predicted molar refractivity (Wildman–Crippen MR) is 274 cm³/mol. The van der Waals surface area contributed by atoms with Crippen molar-refractivity contribution in [2.24, 2.45) is 0 Å². The topological polar surface area (TPSA) is 78.9 Å². The van der Waals surface area contributed by atoms with E-state index < -0.39 is 6.10 Å². The predicted octanol–water partition coefficient (Wildman–Crippen LogP) is 17.6. The third-order valence-electron chi connectivity index (χ3n) is 11.1. The summed E-state index contributed by atoms with van der Waals surface area (Å²) < 4.78 is 16.8. The van der Waals surface area contributed by atoms with Crippen LogP contribution in [0.25, 0.3) is 0 Å². The van der Waals surface area contributed by atoms with Crippen molar-refractivity contribution in [2.75, 3.05) is 13.2 Å². The van der Waals surface area contributed by atoms with E-state index in [1.165, 1.54) is 103 Å². The van der Waals surface area contributed by atoms with Crippen molar-refractivity contribution in [1.29, 1.82) is 0 Å². The highest BCUT2D eigenvalue weighted by molar-refractivity contribution is 5.71. The Morgan fingerprint density at radius 2 is 0.625 bits per heavy atom. The Morgan fingerprint density at radius 3 is 1.05 bits per heavy atom. The molecule has 0 bridgehead atoms. The van der Waals surface area contributed by atoms with Gasteiger partial charge in [0.25, 0.3) is 0 Å². The molecule has 1 atom stereocenters. The Labute approximate surface area is 395 Å². The van der Waals surface area contributed by atoms with Gasteiger partial charge in [-0.15, -0.1) is 0 Å². The first kappa shape index (κ1) is 60.6. The molecule has 0 radical (unpaired) electrons. The van der Waals surface area contributed by atoms with E-state index in [2.05, 4.69) is 106 Å². The number of allylic oxidation sites excluding steroid dienone is 14. The lowest BCUT2D eigenvalue weighted by molar-refractivity contribution is -0.167. The molecular formula is C58H98O6. The summed E-state index contributed by atoms with van der Waals surface area (Å²) in [7, 11) is 0. The monoisotopic (exact) mass is 891 g/mol. The van der Waals surface area contributed by atoms with Gasteiger partial charge in [0.2, 0.25) is 0 Å². The van der Waals surface area contributed by atoms with Crippen LogP contribution in [0, 0.1) is 0 Å². The summed E-state index contributed by atoms with van der Waals surface area (Å²) >= 11 is 0. The van der Waals surface area contributed by atoms with Crippen molar-refractivity contribution < 1.29 is 28.6 Å². The molecule has 0 aromatic carbocycles. The molecule has 0 rings (SSSR count). The molecule has 0 aromatic rings. The molecule has 0 N–H and O–H groups in total. The van der Waals surface area contributed by atoms with Gasteiger partial charge in [-0.3, -0.25) is 14.4 Å². The van der Waals surface area contributed by atoms with E-state index in [-0.39, 0.29) is 37.5 Å². The zero-order valence-corrected chi connectivity index (χ0v) is 41.8. The van der Waals surface area contributed by atoms with Crippen LogP contribution in [-0.2, 0) is 28.6 Å². The van der Waals surface area contributed by atoms with Crippen molar-refractivity contribution in [3.63, 3.8) is 0 Å². The molecule has 0 saturated heterocycles. The number of unbranched alkanes of at least 4 members (excludes halogenated alkanes) is 22. The van der Waals surface area contributed by atoms with Crippen LogP contribution in [0.3, 0.4) is 0 Å². The molecule has 0 aliphatic carbocycles. The minimum Gasteiger partial charge on any atom is -0.462 e. The maximum atomic E-state index is 12.8. The first-order valence-electron chi connectivity index (χ1n) is 26.6. The van der Waals surface area contributed by atoms with E-state index in [1.807, 2.05) is 0 Å². The fourth-order valence-electron chi connectivity index (χ4n) is 7.15. The van der Waals surface area contributed by atoms with Crippen LogP contribution in [0.15, 0.2) is 85.1 Å². The fraction of sp³-hybridized carbons (Fsp3) is 0.707. The summed E-state index contributed by atoms with van der Waals surface area (Å²) in [5, 5.41) is 0. The van der Waals surface area contributed by atoms with Crippen LogP contribution in [0.4, 0.5) is 0 Å². The summed E-state index contributed by atoms with van der Waals surface area (Å²) in [5.41, 5.74) is 0. The summed E-state index contributed by atoms with van der Waals surface area (Å²) in [5.74, 6) is -0.968. The van der Waals surface area contributed by atoms with E-state index >= 15 is 0 Å². The largest absolute Gasteiger partial charge is 0.462 e. The quantitative estimate of drug-likeness (QED) is 0.0262. The standard InChI is InChI=1S/C58H98O6/c1-4-7-10-13-16-19-22-25-27-29-31-33-36-39-42-45-48-51-57(60)63-54-55(53-62-56(59)50-47-44-41-38-35-32-24-21-18-15-12-9-6-3)64-58(61)52-49-46-43-40-37-34-30-28-26-23-20-17-14-11-8-5-2/h8,11,16-17,19-20,25-28,31,33,39,42,55H,4-7,9-10,12-15,18,21-24,29-30,32,34-38,40-41,43-54H2,1-3H3/b11-8-,19-16-,20-17-,27-25-,28-26-,33-31-,42-39-. The van der Waals surface area contributed by atoms with Crippen molar-refractivity contribution >= 4 is 17.9 Å². The highest BCUT2D eigenvalue weighted by atomic mass is 16.6. The molecule has 0 aliphatic rings. The van der Waals surface area contributed by atoms with Gasteiger partial charge >= 0.3 is 17.9 Å². The number of ether oxygens (including phenoxy) is 3. The smallest absolute Gasteiger partial charge is 0.306 e. The Hall–Kier alpha value is -3.41. The van der Waals surface area contributed by atoms with Gasteiger partial charge in [-0.25, -0.2) is 0 Å². The minimum absolute atomic E-state index is 0.0977. The van der Waals surface area contributed by atoms with Gasteiger partial charge in [0, 0.05) is 19.3 Å². The molecule has 6 heteroatoms. The van der Waals surface area contributed by atoms with E-state index in [0.717, 1.165) is 96.3 Å². The maximum Gasteiger partial charge on any atom is 0.306 e. The molecule has 64 heavy (non-hydrogen) atoms. The average Bonchev–Trinajstić information content (AvgIpc) is 3.29. The molecule has 0 amide bonds. The molecule has 0 fully saturated rings. The Bertz CT molecular complexity index is 1250. The summed E-state index contributed by atoms with van der Waals surface area (Å²) in [6.07, 6.45) is 67.1. The van der Waals surface area contributed by atoms with Gasteiger partial charge in [-0.1, -0.05) is 221 Å². The van der Waals surface area contributed by atoms with Crippen LogP contribution in [-0.4, -0.2) is 37.2 Å². The Kier molecular flexibility index (Phi) is 49.4. The number of esters is 3. The van der Waals surface area contributed by atoms with Gasteiger partial charge in [-0.2, -0.15) is 0 Å². The SMILES string of the molecule is CC/C=C\C/C=C\C/C=C\CCCCCCCCC(=O)OC(COC(=O)CCC/C=C\C/C=C\C/C=C\C/C=C\CCCCC)COC(=O)CCCCCCCCCCCCCCC. The molecule has 0 saturated carbocycles. The van der Waals surface area contributed by atoms with Crippen LogP contribution < -0.4 is 0 Å². The first-order valence-corrected chi connectivity index (χ1v) is 26.6. The lowest BCUT2D eigenvalue weighted by Gasteiger charge is -2.18. The van der Waals surface area contributed by atoms with Crippen molar-refractivity contribution in [1.82, 2.24) is 0 Å². The molecule has 6 nitrogen and oxygen atoms in total. The van der Waals surface area contributed by atoms with Crippen LogP contribution in [0.1, 0.15) is 245 Å². The molecule has 366 valence electrons. The third-order valence-corrected chi connectivity index (χ3v) is 11.1. The molecule has 0 aromatic heterocycles. The van der Waals surface area contributed by atoms with E-state index in [1.54, 1.807) is 0 Å². The van der Waals surface area contributed by atoms with Gasteiger partial charge in [0.1, 0.15) is 13.2 Å². The van der Waals surface area contributed by atoms with Crippen molar-refractivity contribution in [2.45, 2.75) is 252 Å². The first-order chi connectivity index (χ1) is 31.5. The summed E-state index contributed by atoms with van der Waals surface area (Å²) in [4.78, 5) is 38.0. The number of carbonyl (C=O) groups is 3. The minimum atomic E-state index is -0.804. The lowest BCUT2D eigenvalue weighted by Crippen LogP contribution is -2.30. The van der Waals surface area contributed by atoms with E-state index in [0.29, 0.717) is 19.3 Å². The second kappa shape index (κ2) is 52.2. The second-order valence-electron chi connectivity index (χ2n) is 17.4. The third kappa shape index (κ3) is 49.6. The number of rotatable bonds is 47. The van der Waals surface area contributed by atoms with Crippen molar-refractivity contribution in [3.8, 4) is 0 Å². The van der Waals surface area contributed by atoms with Crippen molar-refractivity contribution in [3.05, 3.63) is 85.1 Å². The molecule has 0 aliphatic heterocycles. The average molecular weight is 891 g/mol. The highest BCUT2D eigenvalue weighted by Gasteiger charge is 2.19. The zero-order valence-electron chi connectivity index (χ0n) is 41.8. The number of hydrogen-bond acceptors (Lipinski definition) is 6. The van der Waals surface area contributed by atoms with Gasteiger partial charge in [0.05, 0.1) is 0 Å². The van der Waals surface area contributed by atoms with E-state index in [4.69, 9.17) is 14.2 Å². The highest BCUT2D eigenvalue weighted by Crippen LogP contribution is 2.15. The zero-order chi connectivity index (χ0) is 46.5. The van der Waals surface area contributed by atoms with Gasteiger partial charge in [0.15, 0.2) is 6.10 Å². The Balaban J connectivity index is 4.49. The van der Waals surface area contributed by atoms with Gasteiger partial charge in [-0.05, 0) is 89.9 Å². The van der Waals surface area contributed by atoms with Crippen LogP contribution in [0.5, 0.6) is 0 Å². The van der Waals surface area contributed by atoms with Crippen LogP contribution >= 0.6 is 0 Å². The summed E-state index contributed by atoms with van der Waals surface area (Å²) in [6, 6.07) is 0. The molecular weight excluding hydrogens is 793 g/mol. The van der Waals surface area contributed by atoms with Gasteiger partial charge < -0.3 is 14.2 Å². The lowest BCUT2D eigenvalue weighted by atomic mass is 10.0. The second-order valence-corrected chi connectivity index (χ2v) is 17.4. The summed E-state index contributed by atoms with van der Waals surface area (Å²) in [6.45, 7) is 6.44. The molecule has 0 spiro atoms. The normalized spacial score (nSPS) is 12.7. The molecule has 1 unspecified atom stereocenters. The number of hydrogen-bond donors (Lipinski definition) is 0.